The summed E-state index contributed by atoms with van der Waals surface area (Å²) in [5, 5.41) is 3.06. The highest BCUT2D eigenvalue weighted by Gasteiger charge is 2.32. The monoisotopic (exact) mass is 446 g/mol. The summed E-state index contributed by atoms with van der Waals surface area (Å²) in [5.41, 5.74) is 4.34. The number of anilines is 1. The van der Waals surface area contributed by atoms with E-state index in [1.165, 1.54) is 4.31 Å². The van der Waals surface area contributed by atoms with Crippen molar-refractivity contribution in [3.63, 3.8) is 0 Å². The third-order valence-electron chi connectivity index (χ3n) is 5.34. The number of sulfonamides is 1. The van der Waals surface area contributed by atoms with Gasteiger partial charge < -0.3 is 10.1 Å². The van der Waals surface area contributed by atoms with Crippen LogP contribution in [0.15, 0.2) is 36.4 Å². The Kier molecular flexibility index (Phi) is 8.12. The van der Waals surface area contributed by atoms with E-state index >= 15 is 0 Å². The van der Waals surface area contributed by atoms with E-state index in [0.29, 0.717) is 18.5 Å². The Morgan fingerprint density at radius 1 is 1.03 bits per heavy atom. The van der Waals surface area contributed by atoms with Gasteiger partial charge in [-0.05, 0) is 74.1 Å². The molecule has 0 spiro atoms. The Morgan fingerprint density at radius 2 is 1.65 bits per heavy atom. The predicted octanol–water partition coefficient (Wildman–Crippen LogP) is 4.43. The molecule has 0 aliphatic rings. The standard InChI is InChI=1S/C24H34N2O4S/c1-8-21(19-10-11-23(30-6)18(5)15-19)25-24(27)22(9-2)26(31(7,28)29)20-13-16(3)12-17(4)14-20/h10-15,21-22H,8-9H2,1-7H3,(H,25,27)/t21-,22-/m0/s1. The van der Waals surface area contributed by atoms with Crippen LogP contribution in [0.3, 0.4) is 0 Å². The van der Waals surface area contributed by atoms with E-state index in [0.717, 1.165) is 34.3 Å². The number of rotatable bonds is 9. The average Bonchev–Trinajstić information content (AvgIpc) is 2.67. The maximum absolute atomic E-state index is 13.3. The van der Waals surface area contributed by atoms with Crippen molar-refractivity contribution in [3.05, 3.63) is 58.7 Å². The lowest BCUT2D eigenvalue weighted by molar-refractivity contribution is -0.123. The molecule has 6 nitrogen and oxygen atoms in total. The van der Waals surface area contributed by atoms with Crippen molar-refractivity contribution in [1.29, 1.82) is 0 Å². The molecule has 0 aromatic heterocycles. The molecule has 2 aromatic carbocycles. The van der Waals surface area contributed by atoms with Crippen LogP contribution in [0.2, 0.25) is 0 Å². The molecule has 0 aliphatic carbocycles. The maximum atomic E-state index is 13.3. The van der Waals surface area contributed by atoms with Gasteiger partial charge in [-0.1, -0.05) is 32.0 Å². The molecule has 0 radical (unpaired) electrons. The number of carbonyl (C=O) groups is 1. The summed E-state index contributed by atoms with van der Waals surface area (Å²) in [5.74, 6) is 0.474. The van der Waals surface area contributed by atoms with Crippen LogP contribution >= 0.6 is 0 Å². The van der Waals surface area contributed by atoms with Crippen LogP contribution in [0.5, 0.6) is 5.75 Å². The Bertz CT molecular complexity index is 1010. The molecule has 0 heterocycles. The van der Waals surface area contributed by atoms with Crippen molar-refractivity contribution < 1.29 is 17.9 Å². The van der Waals surface area contributed by atoms with E-state index in [2.05, 4.69) is 5.32 Å². The second-order valence-electron chi connectivity index (χ2n) is 8.03. The molecule has 0 fully saturated rings. The molecule has 31 heavy (non-hydrogen) atoms. The number of carbonyl (C=O) groups excluding carboxylic acids is 1. The number of hydrogen-bond donors (Lipinski definition) is 1. The number of nitrogens with zero attached hydrogens (tertiary/aromatic N) is 1. The first-order valence-corrected chi connectivity index (χ1v) is 12.4. The minimum Gasteiger partial charge on any atom is -0.496 e. The first-order valence-electron chi connectivity index (χ1n) is 10.5. The molecule has 0 saturated carbocycles. The lowest BCUT2D eigenvalue weighted by Crippen LogP contribution is -2.50. The molecular weight excluding hydrogens is 412 g/mol. The van der Waals surface area contributed by atoms with Gasteiger partial charge in [-0.3, -0.25) is 9.10 Å². The first-order chi connectivity index (χ1) is 14.5. The molecule has 170 valence electrons. The smallest absolute Gasteiger partial charge is 0.244 e. The molecule has 2 aromatic rings. The van der Waals surface area contributed by atoms with Crippen LogP contribution in [-0.2, 0) is 14.8 Å². The van der Waals surface area contributed by atoms with Crippen molar-refractivity contribution in [2.24, 2.45) is 0 Å². The largest absolute Gasteiger partial charge is 0.496 e. The van der Waals surface area contributed by atoms with E-state index in [1.807, 2.05) is 58.9 Å². The van der Waals surface area contributed by atoms with Crippen LogP contribution in [0.4, 0.5) is 5.69 Å². The zero-order chi connectivity index (χ0) is 23.3. The molecule has 0 unspecified atom stereocenters. The van der Waals surface area contributed by atoms with E-state index in [9.17, 15) is 13.2 Å². The topological polar surface area (TPSA) is 75.7 Å². The molecule has 7 heteroatoms. The minimum atomic E-state index is -3.67. The number of amides is 1. The van der Waals surface area contributed by atoms with E-state index < -0.39 is 16.1 Å². The normalized spacial score (nSPS) is 13.4. The highest BCUT2D eigenvalue weighted by Crippen LogP contribution is 2.27. The van der Waals surface area contributed by atoms with Gasteiger partial charge in [0.1, 0.15) is 11.8 Å². The van der Waals surface area contributed by atoms with Gasteiger partial charge in [-0.25, -0.2) is 8.42 Å². The summed E-state index contributed by atoms with van der Waals surface area (Å²) >= 11 is 0. The Hall–Kier alpha value is -2.54. The van der Waals surface area contributed by atoms with Crippen molar-refractivity contribution in [3.8, 4) is 5.75 Å². The zero-order valence-corrected chi connectivity index (χ0v) is 20.3. The fourth-order valence-corrected chi connectivity index (χ4v) is 5.14. The zero-order valence-electron chi connectivity index (χ0n) is 19.5. The Labute approximate surface area is 186 Å². The summed E-state index contributed by atoms with van der Waals surface area (Å²) in [6, 6.07) is 10.3. The van der Waals surface area contributed by atoms with Gasteiger partial charge in [0.25, 0.3) is 0 Å². The van der Waals surface area contributed by atoms with Crippen LogP contribution in [0, 0.1) is 20.8 Å². The number of benzene rings is 2. The van der Waals surface area contributed by atoms with Gasteiger partial charge in [0.15, 0.2) is 0 Å². The molecule has 1 N–H and O–H groups in total. The van der Waals surface area contributed by atoms with Crippen LogP contribution in [-0.4, -0.2) is 33.7 Å². The van der Waals surface area contributed by atoms with Gasteiger partial charge in [0, 0.05) is 0 Å². The third kappa shape index (κ3) is 6.00. The molecular formula is C24H34N2O4S. The summed E-state index contributed by atoms with van der Waals surface area (Å²) < 4.78 is 32.0. The summed E-state index contributed by atoms with van der Waals surface area (Å²) in [6.07, 6.45) is 2.17. The maximum Gasteiger partial charge on any atom is 0.244 e. The number of methoxy groups -OCH3 is 1. The SMILES string of the molecule is CC[C@H](NC(=O)[C@H](CC)N(c1cc(C)cc(C)c1)S(C)(=O)=O)c1ccc(OC)c(C)c1. The van der Waals surface area contributed by atoms with E-state index in [4.69, 9.17) is 4.74 Å². The van der Waals surface area contributed by atoms with Gasteiger partial charge in [0.2, 0.25) is 15.9 Å². The minimum absolute atomic E-state index is 0.230. The fourth-order valence-electron chi connectivity index (χ4n) is 3.95. The Morgan fingerprint density at radius 3 is 2.10 bits per heavy atom. The van der Waals surface area contributed by atoms with Crippen LogP contribution in [0.1, 0.15) is 55.0 Å². The third-order valence-corrected chi connectivity index (χ3v) is 6.52. The van der Waals surface area contributed by atoms with Gasteiger partial charge >= 0.3 is 0 Å². The predicted molar refractivity (Wildman–Crippen MR) is 126 cm³/mol. The molecule has 0 bridgehead atoms. The molecule has 2 atom stereocenters. The van der Waals surface area contributed by atoms with Crippen molar-refractivity contribution in [1.82, 2.24) is 5.32 Å². The van der Waals surface area contributed by atoms with E-state index in [1.54, 1.807) is 19.2 Å². The van der Waals surface area contributed by atoms with Gasteiger partial charge in [0.05, 0.1) is 25.1 Å². The van der Waals surface area contributed by atoms with Gasteiger partial charge in [-0.15, -0.1) is 0 Å². The second kappa shape index (κ2) is 10.2. The highest BCUT2D eigenvalue weighted by molar-refractivity contribution is 7.92. The van der Waals surface area contributed by atoms with Gasteiger partial charge in [-0.2, -0.15) is 0 Å². The van der Waals surface area contributed by atoms with Crippen LogP contribution in [0.25, 0.3) is 0 Å². The van der Waals surface area contributed by atoms with Crippen LogP contribution < -0.4 is 14.4 Å². The van der Waals surface area contributed by atoms with E-state index in [-0.39, 0.29) is 11.9 Å². The number of nitrogens with one attached hydrogen (secondary N) is 1. The quantitative estimate of drug-likeness (QED) is 0.618. The van der Waals surface area contributed by atoms with Crippen molar-refractivity contribution in [2.75, 3.05) is 17.7 Å². The Balaban J connectivity index is 2.39. The number of hydrogen-bond acceptors (Lipinski definition) is 4. The molecule has 1 amide bonds. The van der Waals surface area contributed by atoms with Crippen molar-refractivity contribution >= 4 is 21.6 Å². The lowest BCUT2D eigenvalue weighted by atomic mass is 10.0. The summed E-state index contributed by atoms with van der Waals surface area (Å²) in [6.45, 7) is 9.60. The molecule has 0 aliphatic heterocycles. The summed E-state index contributed by atoms with van der Waals surface area (Å²) in [4.78, 5) is 13.3. The number of aryl methyl sites for hydroxylation is 3. The first kappa shape index (κ1) is 24.7. The average molecular weight is 447 g/mol. The summed E-state index contributed by atoms with van der Waals surface area (Å²) in [7, 11) is -2.05. The van der Waals surface area contributed by atoms with Crippen molar-refractivity contribution in [2.45, 2.75) is 59.5 Å². The highest BCUT2D eigenvalue weighted by atomic mass is 32.2. The molecule has 0 saturated heterocycles. The molecule has 2 rings (SSSR count). The number of ether oxygens (including phenoxy) is 1. The lowest BCUT2D eigenvalue weighted by Gasteiger charge is -2.32. The fraction of sp³-hybridized carbons (Fsp3) is 0.458. The second-order valence-corrected chi connectivity index (χ2v) is 9.89.